The molecule has 88 valence electrons. The highest BCUT2D eigenvalue weighted by atomic mass is 79.9. The molecule has 0 saturated carbocycles. The van der Waals surface area contributed by atoms with E-state index in [0.717, 1.165) is 14.2 Å². The molecule has 1 atom stereocenters. The zero-order valence-electron chi connectivity index (χ0n) is 9.11. The number of terminal acetylenes is 1. The number of nitrogens with two attached hydrogens (primary N) is 1. The third-order valence-electron chi connectivity index (χ3n) is 2.47. The predicted octanol–water partition coefficient (Wildman–Crippen LogP) is 2.29. The summed E-state index contributed by atoms with van der Waals surface area (Å²) in [4.78, 5) is 19.0. The summed E-state index contributed by atoms with van der Waals surface area (Å²) in [7, 11) is 0. The molecule has 1 aliphatic rings. The first-order valence-electron chi connectivity index (χ1n) is 4.88. The van der Waals surface area contributed by atoms with Crippen molar-refractivity contribution < 1.29 is 4.79 Å². The van der Waals surface area contributed by atoms with Crippen LogP contribution in [0.1, 0.15) is 15.8 Å². The molecule has 17 heavy (non-hydrogen) atoms. The van der Waals surface area contributed by atoms with Gasteiger partial charge in [0.25, 0.3) is 0 Å². The van der Waals surface area contributed by atoms with E-state index in [2.05, 4.69) is 26.8 Å². The Bertz CT molecular complexity index is 524. The normalized spacial score (nSPS) is 19.4. The maximum atomic E-state index is 11.6. The van der Waals surface area contributed by atoms with Crippen molar-refractivity contribution in [3.05, 3.63) is 20.3 Å². The lowest BCUT2D eigenvalue weighted by molar-refractivity contribution is 0.214. The van der Waals surface area contributed by atoms with Gasteiger partial charge in [-0.15, -0.1) is 17.8 Å². The Morgan fingerprint density at radius 2 is 2.47 bits per heavy atom. The number of thiophene rings is 1. The maximum Gasteiger partial charge on any atom is 0.347 e. The van der Waals surface area contributed by atoms with Gasteiger partial charge in [-0.05, 0) is 28.9 Å². The number of urea groups is 1. The molecule has 1 aliphatic heterocycles. The van der Waals surface area contributed by atoms with Gasteiger partial charge in [0, 0.05) is 14.2 Å². The number of rotatable bonds is 2. The molecule has 1 unspecified atom stereocenters. The van der Waals surface area contributed by atoms with E-state index in [9.17, 15) is 4.79 Å². The van der Waals surface area contributed by atoms with Crippen LogP contribution < -0.4 is 5.73 Å². The first kappa shape index (κ1) is 12.1. The van der Waals surface area contributed by atoms with Crippen LogP contribution in [0.4, 0.5) is 4.79 Å². The maximum absolute atomic E-state index is 11.6. The standard InChI is InChI=1S/C11H10BrN3OS/c1-3-4-15-9(10(13)14-11(15)16)8-5-7(12)6(2)17-8/h1,5,9H,4H2,2H3,(H2,13,14,16). The lowest BCUT2D eigenvalue weighted by atomic mass is 10.2. The fourth-order valence-corrected chi connectivity index (χ4v) is 3.37. The van der Waals surface area contributed by atoms with E-state index in [1.54, 1.807) is 11.3 Å². The van der Waals surface area contributed by atoms with Crippen molar-refractivity contribution in [3.8, 4) is 12.3 Å². The number of aliphatic imine (C=N–C) groups is 1. The third-order valence-corrected chi connectivity index (χ3v) is 4.66. The molecule has 0 radical (unpaired) electrons. The first-order valence-corrected chi connectivity index (χ1v) is 6.49. The number of halogens is 1. The molecule has 1 aromatic heterocycles. The minimum Gasteiger partial charge on any atom is -0.385 e. The van der Waals surface area contributed by atoms with Crippen LogP contribution in [0.5, 0.6) is 0 Å². The molecule has 0 aromatic carbocycles. The lowest BCUT2D eigenvalue weighted by Crippen LogP contribution is -2.33. The highest BCUT2D eigenvalue weighted by molar-refractivity contribution is 9.10. The molecule has 0 saturated heterocycles. The van der Waals surface area contributed by atoms with E-state index < -0.39 is 0 Å². The largest absolute Gasteiger partial charge is 0.385 e. The summed E-state index contributed by atoms with van der Waals surface area (Å²) in [6.45, 7) is 2.20. The molecule has 2 rings (SSSR count). The van der Waals surface area contributed by atoms with Crippen LogP contribution in [0.3, 0.4) is 0 Å². The zero-order chi connectivity index (χ0) is 12.6. The smallest absolute Gasteiger partial charge is 0.347 e. The Balaban J connectivity index is 2.39. The number of nitrogens with zero attached hydrogens (tertiary/aromatic N) is 2. The molecule has 0 bridgehead atoms. The highest BCUT2D eigenvalue weighted by Crippen LogP contribution is 2.35. The van der Waals surface area contributed by atoms with Gasteiger partial charge in [0.15, 0.2) is 0 Å². The average Bonchev–Trinajstić information content (AvgIpc) is 2.70. The van der Waals surface area contributed by atoms with E-state index in [0.29, 0.717) is 5.84 Å². The summed E-state index contributed by atoms with van der Waals surface area (Å²) in [5, 5.41) is 0. The molecule has 2 amide bonds. The van der Waals surface area contributed by atoms with E-state index >= 15 is 0 Å². The average molecular weight is 312 g/mol. The van der Waals surface area contributed by atoms with Crippen LogP contribution in [-0.2, 0) is 0 Å². The van der Waals surface area contributed by atoms with Gasteiger partial charge >= 0.3 is 6.03 Å². The second kappa shape index (κ2) is 4.51. The van der Waals surface area contributed by atoms with Crippen LogP contribution in [0.2, 0.25) is 0 Å². The summed E-state index contributed by atoms with van der Waals surface area (Å²) < 4.78 is 1.00. The van der Waals surface area contributed by atoms with Gasteiger partial charge in [-0.2, -0.15) is 4.99 Å². The summed E-state index contributed by atoms with van der Waals surface area (Å²) in [5.74, 6) is 2.76. The molecular formula is C11H10BrN3OS. The zero-order valence-corrected chi connectivity index (χ0v) is 11.5. The van der Waals surface area contributed by atoms with Crippen molar-refractivity contribution in [2.24, 2.45) is 10.7 Å². The molecule has 2 heterocycles. The van der Waals surface area contributed by atoms with Gasteiger partial charge in [-0.25, -0.2) is 4.79 Å². The van der Waals surface area contributed by atoms with Crippen LogP contribution >= 0.6 is 27.3 Å². The number of amidine groups is 1. The van der Waals surface area contributed by atoms with Gasteiger partial charge in [0.2, 0.25) is 0 Å². The quantitative estimate of drug-likeness (QED) is 0.852. The van der Waals surface area contributed by atoms with Crippen molar-refractivity contribution >= 4 is 39.1 Å². The van der Waals surface area contributed by atoms with E-state index in [-0.39, 0.29) is 18.6 Å². The minimum absolute atomic E-state index is 0.211. The van der Waals surface area contributed by atoms with E-state index in [1.165, 1.54) is 4.90 Å². The SMILES string of the molecule is C#CCN1C(=O)N=C(N)C1c1cc(Br)c(C)s1. The summed E-state index contributed by atoms with van der Waals surface area (Å²) in [5.41, 5.74) is 5.79. The summed E-state index contributed by atoms with van der Waals surface area (Å²) in [6.07, 6.45) is 5.25. The summed E-state index contributed by atoms with van der Waals surface area (Å²) >= 11 is 5.02. The van der Waals surface area contributed by atoms with Gasteiger partial charge in [0.05, 0.1) is 6.54 Å². The Labute approximate surface area is 112 Å². The third kappa shape index (κ3) is 2.08. The minimum atomic E-state index is -0.368. The predicted molar refractivity (Wildman–Crippen MR) is 72.1 cm³/mol. The number of carbonyl (C=O) groups is 1. The van der Waals surface area contributed by atoms with Gasteiger partial charge in [-0.1, -0.05) is 5.92 Å². The molecule has 0 spiro atoms. The molecule has 4 nitrogen and oxygen atoms in total. The van der Waals surface area contributed by atoms with Crippen molar-refractivity contribution in [3.63, 3.8) is 0 Å². The van der Waals surface area contributed by atoms with E-state index in [1.807, 2.05) is 13.0 Å². The van der Waals surface area contributed by atoms with Crippen molar-refractivity contribution in [1.29, 1.82) is 0 Å². The Kier molecular flexibility index (Phi) is 3.22. The Morgan fingerprint density at radius 1 is 1.76 bits per heavy atom. The fourth-order valence-electron chi connectivity index (χ4n) is 1.68. The molecule has 0 aliphatic carbocycles. The highest BCUT2D eigenvalue weighted by Gasteiger charge is 2.35. The number of amides is 2. The monoisotopic (exact) mass is 311 g/mol. The van der Waals surface area contributed by atoms with Gasteiger partial charge in [0.1, 0.15) is 11.9 Å². The molecular weight excluding hydrogens is 302 g/mol. The number of aryl methyl sites for hydroxylation is 1. The number of hydrogen-bond acceptors (Lipinski definition) is 3. The van der Waals surface area contributed by atoms with Gasteiger partial charge < -0.3 is 5.73 Å². The molecule has 2 N–H and O–H groups in total. The molecule has 1 aromatic rings. The second-order valence-electron chi connectivity index (χ2n) is 3.61. The van der Waals surface area contributed by atoms with Crippen LogP contribution in [0, 0.1) is 19.3 Å². The first-order chi connectivity index (χ1) is 8.04. The van der Waals surface area contributed by atoms with Crippen LogP contribution in [0.25, 0.3) is 0 Å². The molecule has 0 fully saturated rings. The Morgan fingerprint density at radius 3 is 3.00 bits per heavy atom. The van der Waals surface area contributed by atoms with E-state index in [4.69, 9.17) is 12.2 Å². The lowest BCUT2D eigenvalue weighted by Gasteiger charge is -2.20. The van der Waals surface area contributed by atoms with Crippen molar-refractivity contribution in [2.75, 3.05) is 6.54 Å². The summed E-state index contributed by atoms with van der Waals surface area (Å²) in [6, 6.07) is 1.26. The topological polar surface area (TPSA) is 58.7 Å². The second-order valence-corrected chi connectivity index (χ2v) is 5.75. The number of carbonyl (C=O) groups excluding carboxylic acids is 1. The van der Waals surface area contributed by atoms with Crippen molar-refractivity contribution in [1.82, 2.24) is 4.90 Å². The van der Waals surface area contributed by atoms with Crippen LogP contribution in [0.15, 0.2) is 15.5 Å². The fraction of sp³-hybridized carbons (Fsp3) is 0.273. The Hall–Kier alpha value is -1.32. The van der Waals surface area contributed by atoms with Gasteiger partial charge in [-0.3, -0.25) is 4.90 Å². The molecule has 6 heteroatoms. The van der Waals surface area contributed by atoms with Crippen molar-refractivity contribution in [2.45, 2.75) is 13.0 Å². The number of hydrogen-bond donors (Lipinski definition) is 1. The van der Waals surface area contributed by atoms with Crippen LogP contribution in [-0.4, -0.2) is 23.3 Å².